The molecule has 1 aliphatic heterocycles. The highest BCUT2D eigenvalue weighted by molar-refractivity contribution is 8.00. The number of rotatable bonds is 4. The first-order valence-corrected chi connectivity index (χ1v) is 6.95. The molecule has 0 bridgehead atoms. The summed E-state index contributed by atoms with van der Waals surface area (Å²) in [6.07, 6.45) is 6.43. The molecule has 0 radical (unpaired) electrons. The molecule has 0 spiro atoms. The molecule has 2 heterocycles. The summed E-state index contributed by atoms with van der Waals surface area (Å²) in [5.41, 5.74) is 1.32. The Labute approximate surface area is 102 Å². The van der Waals surface area contributed by atoms with Crippen LogP contribution in [0.2, 0.25) is 0 Å². The lowest BCUT2D eigenvalue weighted by molar-refractivity contribution is 0.490. The van der Waals surface area contributed by atoms with Crippen LogP contribution >= 0.6 is 11.8 Å². The summed E-state index contributed by atoms with van der Waals surface area (Å²) in [5.74, 6) is 1.32. The van der Waals surface area contributed by atoms with E-state index in [0.717, 1.165) is 6.54 Å². The van der Waals surface area contributed by atoms with Crippen molar-refractivity contribution < 1.29 is 0 Å². The number of hydrogen-bond donors (Lipinski definition) is 1. The Morgan fingerprint density at radius 1 is 1.50 bits per heavy atom. The monoisotopic (exact) mass is 236 g/mol. The van der Waals surface area contributed by atoms with E-state index >= 15 is 0 Å². The average Bonchev–Trinajstić information content (AvgIpc) is 2.75. The number of pyridine rings is 1. The fraction of sp³-hybridized carbons (Fsp3) is 0.615. The van der Waals surface area contributed by atoms with Crippen LogP contribution in [0.3, 0.4) is 0 Å². The van der Waals surface area contributed by atoms with Gasteiger partial charge in [0.25, 0.3) is 0 Å². The molecule has 0 aliphatic carbocycles. The van der Waals surface area contributed by atoms with Crippen LogP contribution in [0, 0.1) is 0 Å². The molecule has 2 rings (SSSR count). The van der Waals surface area contributed by atoms with E-state index in [0.29, 0.717) is 10.8 Å². The fourth-order valence-electron chi connectivity index (χ4n) is 2.12. The van der Waals surface area contributed by atoms with Gasteiger partial charge >= 0.3 is 0 Å². The number of hydrogen-bond acceptors (Lipinski definition) is 3. The van der Waals surface area contributed by atoms with E-state index in [2.05, 4.69) is 48.0 Å². The first-order chi connectivity index (χ1) is 7.70. The smallest absolute Gasteiger partial charge is 0.0293 e. The van der Waals surface area contributed by atoms with Crippen molar-refractivity contribution in [1.82, 2.24) is 10.3 Å². The maximum absolute atomic E-state index is 4.05. The Morgan fingerprint density at radius 3 is 2.88 bits per heavy atom. The zero-order valence-corrected chi connectivity index (χ0v) is 10.9. The number of thioether (sulfide) groups is 1. The molecular weight excluding hydrogens is 216 g/mol. The second-order valence-electron chi connectivity index (χ2n) is 4.79. The normalized spacial score (nSPS) is 26.9. The summed E-state index contributed by atoms with van der Waals surface area (Å²) in [4.78, 5) is 4.05. The number of nitrogens with zero attached hydrogens (tertiary/aromatic N) is 1. The van der Waals surface area contributed by atoms with Crippen LogP contribution < -0.4 is 5.32 Å². The van der Waals surface area contributed by atoms with Gasteiger partial charge in [-0.3, -0.25) is 4.98 Å². The maximum atomic E-state index is 4.05. The molecule has 1 aromatic heterocycles. The lowest BCUT2D eigenvalue weighted by atomic mass is 10.0. The zero-order chi connectivity index (χ0) is 11.4. The molecule has 1 N–H and O–H groups in total. The molecule has 1 saturated heterocycles. The topological polar surface area (TPSA) is 24.9 Å². The Hall–Kier alpha value is -0.540. The van der Waals surface area contributed by atoms with Crippen LogP contribution in [0.1, 0.15) is 38.3 Å². The molecule has 3 heteroatoms. The van der Waals surface area contributed by atoms with Gasteiger partial charge in [0.1, 0.15) is 0 Å². The summed E-state index contributed by atoms with van der Waals surface area (Å²) in [6, 6.07) is 4.59. The van der Waals surface area contributed by atoms with E-state index in [4.69, 9.17) is 0 Å². The lowest BCUT2D eigenvalue weighted by Gasteiger charge is -2.25. The van der Waals surface area contributed by atoms with Crippen LogP contribution in [0.4, 0.5) is 0 Å². The SMILES string of the molecule is CC(NCC1(C)CCCS1)c1ccncc1. The number of aromatic nitrogens is 1. The molecular formula is C13H20N2S. The highest BCUT2D eigenvalue weighted by Gasteiger charge is 2.29. The van der Waals surface area contributed by atoms with Gasteiger partial charge in [0.05, 0.1) is 0 Å². The predicted octanol–water partition coefficient (Wildman–Crippen LogP) is 3.02. The lowest BCUT2D eigenvalue weighted by Crippen LogP contribution is -2.34. The van der Waals surface area contributed by atoms with Crippen LogP contribution in [0.25, 0.3) is 0 Å². The van der Waals surface area contributed by atoms with Crippen molar-refractivity contribution in [2.24, 2.45) is 0 Å². The van der Waals surface area contributed by atoms with Crippen molar-refractivity contribution in [3.05, 3.63) is 30.1 Å². The van der Waals surface area contributed by atoms with E-state index in [1.54, 1.807) is 0 Å². The van der Waals surface area contributed by atoms with Crippen LogP contribution in [0.5, 0.6) is 0 Å². The van der Waals surface area contributed by atoms with Crippen LogP contribution in [0.15, 0.2) is 24.5 Å². The highest BCUT2D eigenvalue weighted by atomic mass is 32.2. The third kappa shape index (κ3) is 2.98. The van der Waals surface area contributed by atoms with Crippen LogP contribution in [-0.4, -0.2) is 22.0 Å². The molecule has 16 heavy (non-hydrogen) atoms. The maximum Gasteiger partial charge on any atom is 0.0293 e. The molecule has 1 aliphatic rings. The van der Waals surface area contributed by atoms with Gasteiger partial charge in [-0.1, -0.05) is 0 Å². The summed E-state index contributed by atoms with van der Waals surface area (Å²) >= 11 is 2.11. The molecule has 88 valence electrons. The largest absolute Gasteiger partial charge is 0.309 e. The van der Waals surface area contributed by atoms with Crippen molar-refractivity contribution >= 4 is 11.8 Å². The molecule has 0 amide bonds. The quantitative estimate of drug-likeness (QED) is 0.870. The molecule has 1 aromatic rings. The Morgan fingerprint density at radius 2 is 2.25 bits per heavy atom. The van der Waals surface area contributed by atoms with Gasteiger partial charge in [-0.05, 0) is 50.1 Å². The summed E-state index contributed by atoms with van der Waals surface area (Å²) in [6.45, 7) is 5.69. The van der Waals surface area contributed by atoms with E-state index in [1.165, 1.54) is 24.2 Å². The van der Waals surface area contributed by atoms with Gasteiger partial charge in [-0.25, -0.2) is 0 Å². The van der Waals surface area contributed by atoms with Gasteiger partial charge in [-0.15, -0.1) is 0 Å². The summed E-state index contributed by atoms with van der Waals surface area (Å²) < 4.78 is 0.446. The minimum Gasteiger partial charge on any atom is -0.309 e. The van der Waals surface area contributed by atoms with Crippen molar-refractivity contribution in [3.63, 3.8) is 0 Å². The van der Waals surface area contributed by atoms with E-state index in [-0.39, 0.29) is 0 Å². The molecule has 1 fully saturated rings. The van der Waals surface area contributed by atoms with Crippen LogP contribution in [-0.2, 0) is 0 Å². The van der Waals surface area contributed by atoms with E-state index in [9.17, 15) is 0 Å². The third-order valence-electron chi connectivity index (χ3n) is 3.29. The Bertz CT molecular complexity index is 320. The van der Waals surface area contributed by atoms with Gasteiger partial charge in [0.2, 0.25) is 0 Å². The van der Waals surface area contributed by atoms with E-state index in [1.807, 2.05) is 12.4 Å². The summed E-state index contributed by atoms with van der Waals surface area (Å²) in [5, 5.41) is 3.63. The second kappa shape index (κ2) is 5.19. The fourth-order valence-corrected chi connectivity index (χ4v) is 3.37. The van der Waals surface area contributed by atoms with Gasteiger partial charge < -0.3 is 5.32 Å². The highest BCUT2D eigenvalue weighted by Crippen LogP contribution is 2.37. The molecule has 2 nitrogen and oxygen atoms in total. The number of nitrogens with one attached hydrogen (secondary N) is 1. The van der Waals surface area contributed by atoms with Gasteiger partial charge in [0, 0.05) is 29.7 Å². The molecule has 2 unspecified atom stereocenters. The van der Waals surface area contributed by atoms with Crippen molar-refractivity contribution in [1.29, 1.82) is 0 Å². The average molecular weight is 236 g/mol. The minimum atomic E-state index is 0.418. The standard InChI is InChI=1S/C13H20N2S/c1-11(12-4-7-14-8-5-12)15-10-13(2)6-3-9-16-13/h4-5,7-8,11,15H,3,6,9-10H2,1-2H3. The Balaban J connectivity index is 1.86. The minimum absolute atomic E-state index is 0.418. The first kappa shape index (κ1) is 11.9. The van der Waals surface area contributed by atoms with E-state index < -0.39 is 0 Å². The zero-order valence-electron chi connectivity index (χ0n) is 10.1. The summed E-state index contributed by atoms with van der Waals surface area (Å²) in [7, 11) is 0. The van der Waals surface area contributed by atoms with Crippen molar-refractivity contribution in [2.75, 3.05) is 12.3 Å². The predicted molar refractivity (Wildman–Crippen MR) is 70.8 cm³/mol. The third-order valence-corrected chi connectivity index (χ3v) is 4.83. The molecule has 0 aromatic carbocycles. The second-order valence-corrected chi connectivity index (χ2v) is 6.47. The van der Waals surface area contributed by atoms with Crippen molar-refractivity contribution in [2.45, 2.75) is 37.5 Å². The van der Waals surface area contributed by atoms with Gasteiger partial charge in [-0.2, -0.15) is 11.8 Å². The molecule has 0 saturated carbocycles. The Kier molecular flexibility index (Phi) is 3.87. The van der Waals surface area contributed by atoms with Crippen molar-refractivity contribution in [3.8, 4) is 0 Å². The van der Waals surface area contributed by atoms with Gasteiger partial charge in [0.15, 0.2) is 0 Å². The molecule has 2 atom stereocenters. The first-order valence-electron chi connectivity index (χ1n) is 5.97.